The van der Waals surface area contributed by atoms with Crippen molar-refractivity contribution in [3.8, 4) is 5.88 Å². The van der Waals surface area contributed by atoms with Crippen molar-refractivity contribution in [1.82, 2.24) is 4.98 Å². The van der Waals surface area contributed by atoms with Crippen molar-refractivity contribution in [3.05, 3.63) is 29.5 Å². The molecule has 0 bridgehead atoms. The van der Waals surface area contributed by atoms with Crippen molar-refractivity contribution in [2.24, 2.45) is 5.41 Å². The van der Waals surface area contributed by atoms with Crippen LogP contribution < -0.4 is 10.5 Å². The summed E-state index contributed by atoms with van der Waals surface area (Å²) in [5.74, 6) is 1.61. The van der Waals surface area contributed by atoms with Crippen LogP contribution in [0.15, 0.2) is 24.0 Å². The summed E-state index contributed by atoms with van der Waals surface area (Å²) in [6, 6.07) is 3.65. The minimum absolute atomic E-state index is 0.425. The summed E-state index contributed by atoms with van der Waals surface area (Å²) >= 11 is 0. The number of allylic oxidation sites excluding steroid dienone is 2. The Morgan fingerprint density at radius 3 is 3.00 bits per heavy atom. The van der Waals surface area contributed by atoms with Crippen LogP contribution in [-0.2, 0) is 11.2 Å². The molecule has 0 radical (unpaired) electrons. The molecule has 17 heavy (non-hydrogen) atoms. The fourth-order valence-electron chi connectivity index (χ4n) is 1.74. The Morgan fingerprint density at radius 2 is 2.35 bits per heavy atom. The summed E-state index contributed by atoms with van der Waals surface area (Å²) in [4.78, 5) is 15.3. The molecule has 90 valence electrons. The molecular formula is C13H16N2O2. The van der Waals surface area contributed by atoms with E-state index in [4.69, 9.17) is 10.5 Å². The van der Waals surface area contributed by atoms with Gasteiger partial charge in [0.1, 0.15) is 17.9 Å². The fraction of sp³-hybridized carbons (Fsp3) is 0.385. The van der Waals surface area contributed by atoms with Gasteiger partial charge in [0.05, 0.1) is 5.41 Å². The predicted octanol–water partition coefficient (Wildman–Crippen LogP) is 2.10. The van der Waals surface area contributed by atoms with Gasteiger partial charge in [0.15, 0.2) is 0 Å². The van der Waals surface area contributed by atoms with Gasteiger partial charge in [0.2, 0.25) is 5.88 Å². The highest BCUT2D eigenvalue weighted by Crippen LogP contribution is 2.35. The highest BCUT2D eigenvalue weighted by Gasteiger charge is 2.31. The van der Waals surface area contributed by atoms with Crippen LogP contribution in [0.2, 0.25) is 0 Å². The third-order valence-electron chi connectivity index (χ3n) is 3.23. The number of rotatable bonds is 3. The third-order valence-corrected chi connectivity index (χ3v) is 3.23. The second-order valence-corrected chi connectivity index (χ2v) is 4.46. The number of nitrogen functional groups attached to an aromatic ring is 1. The first kappa shape index (κ1) is 11.6. The molecule has 4 heteroatoms. The molecule has 0 saturated heterocycles. The van der Waals surface area contributed by atoms with Gasteiger partial charge in [-0.1, -0.05) is 6.92 Å². The smallest absolute Gasteiger partial charge is 0.224 e. The standard InChI is InChI=1S/C13H16N2O2/c1-3-13(2,8-16)10-6-4-9-5-7-11(14)15-12(9)17-10/h5-8H,3-4H2,1-2H3,(H2,14,15)/t13-/m0/s1. The normalized spacial score (nSPS) is 17.4. The highest BCUT2D eigenvalue weighted by atomic mass is 16.5. The molecule has 0 fully saturated rings. The van der Waals surface area contributed by atoms with E-state index in [1.54, 1.807) is 6.07 Å². The fourth-order valence-corrected chi connectivity index (χ4v) is 1.74. The van der Waals surface area contributed by atoms with Gasteiger partial charge in [0, 0.05) is 5.56 Å². The Kier molecular flexibility index (Phi) is 2.88. The number of fused-ring (bicyclic) bond motifs is 1. The second kappa shape index (κ2) is 4.20. The van der Waals surface area contributed by atoms with E-state index >= 15 is 0 Å². The molecule has 0 amide bonds. The Balaban J connectivity index is 2.33. The molecule has 1 aliphatic rings. The van der Waals surface area contributed by atoms with Crippen LogP contribution in [-0.4, -0.2) is 11.3 Å². The first-order valence-corrected chi connectivity index (χ1v) is 5.69. The molecule has 0 aromatic carbocycles. The van der Waals surface area contributed by atoms with Crippen molar-refractivity contribution in [1.29, 1.82) is 0 Å². The van der Waals surface area contributed by atoms with E-state index in [0.29, 0.717) is 23.9 Å². The zero-order chi connectivity index (χ0) is 12.5. The van der Waals surface area contributed by atoms with Crippen molar-refractivity contribution in [2.45, 2.75) is 26.7 Å². The topological polar surface area (TPSA) is 65.2 Å². The Labute approximate surface area is 100 Å². The monoisotopic (exact) mass is 232 g/mol. The van der Waals surface area contributed by atoms with E-state index < -0.39 is 5.41 Å². The van der Waals surface area contributed by atoms with E-state index in [1.807, 2.05) is 26.0 Å². The van der Waals surface area contributed by atoms with Gasteiger partial charge in [-0.15, -0.1) is 0 Å². The summed E-state index contributed by atoms with van der Waals surface area (Å²) in [7, 11) is 0. The predicted molar refractivity (Wildman–Crippen MR) is 65.5 cm³/mol. The molecule has 1 aromatic rings. The van der Waals surface area contributed by atoms with E-state index in [2.05, 4.69) is 4.98 Å². The van der Waals surface area contributed by atoms with Gasteiger partial charge in [-0.3, -0.25) is 0 Å². The number of anilines is 1. The highest BCUT2D eigenvalue weighted by molar-refractivity contribution is 5.64. The molecule has 2 rings (SSSR count). The largest absolute Gasteiger partial charge is 0.442 e. The van der Waals surface area contributed by atoms with Crippen LogP contribution in [0.25, 0.3) is 0 Å². The van der Waals surface area contributed by atoms with E-state index in [-0.39, 0.29) is 0 Å². The maximum atomic E-state index is 11.2. The molecule has 0 aliphatic carbocycles. The summed E-state index contributed by atoms with van der Waals surface area (Å²) in [6.45, 7) is 3.82. The minimum Gasteiger partial charge on any atom is -0.442 e. The Hall–Kier alpha value is -1.84. The lowest BCUT2D eigenvalue weighted by Gasteiger charge is -2.27. The molecule has 4 nitrogen and oxygen atoms in total. The Morgan fingerprint density at radius 1 is 1.59 bits per heavy atom. The SMILES string of the molecule is CC[C@@](C)(C=O)C1=CCc2ccc(N)nc2O1. The quantitative estimate of drug-likeness (QED) is 0.810. The van der Waals surface area contributed by atoms with E-state index in [0.717, 1.165) is 18.3 Å². The number of hydrogen-bond acceptors (Lipinski definition) is 4. The number of carbonyl (C=O) groups excluding carboxylic acids is 1. The third kappa shape index (κ3) is 2.02. The van der Waals surface area contributed by atoms with Crippen LogP contribution in [0.1, 0.15) is 25.8 Å². The van der Waals surface area contributed by atoms with Gasteiger partial charge in [-0.25, -0.2) is 0 Å². The lowest BCUT2D eigenvalue weighted by Crippen LogP contribution is -2.26. The molecule has 1 atom stereocenters. The molecule has 2 N–H and O–H groups in total. The number of ether oxygens (including phenoxy) is 1. The van der Waals surface area contributed by atoms with Crippen LogP contribution >= 0.6 is 0 Å². The van der Waals surface area contributed by atoms with Crippen molar-refractivity contribution >= 4 is 12.1 Å². The minimum atomic E-state index is -0.579. The molecule has 0 spiro atoms. The average Bonchev–Trinajstić information content (AvgIpc) is 2.37. The lowest BCUT2D eigenvalue weighted by atomic mass is 9.85. The maximum Gasteiger partial charge on any atom is 0.224 e. The van der Waals surface area contributed by atoms with E-state index in [9.17, 15) is 4.79 Å². The molecule has 1 aliphatic heterocycles. The molecule has 1 aromatic heterocycles. The second-order valence-electron chi connectivity index (χ2n) is 4.46. The summed E-state index contributed by atoms with van der Waals surface area (Å²) in [6.07, 6.45) is 4.29. The van der Waals surface area contributed by atoms with Gasteiger partial charge in [0.25, 0.3) is 0 Å². The molecule has 0 saturated carbocycles. The maximum absolute atomic E-state index is 11.2. The number of hydrogen-bond donors (Lipinski definition) is 1. The number of nitrogens with zero attached hydrogens (tertiary/aromatic N) is 1. The van der Waals surface area contributed by atoms with E-state index in [1.165, 1.54) is 0 Å². The first-order chi connectivity index (χ1) is 8.09. The van der Waals surface area contributed by atoms with Crippen molar-refractivity contribution < 1.29 is 9.53 Å². The van der Waals surface area contributed by atoms with Crippen molar-refractivity contribution in [2.75, 3.05) is 5.73 Å². The van der Waals surface area contributed by atoms with Crippen LogP contribution in [0.3, 0.4) is 0 Å². The van der Waals surface area contributed by atoms with Crippen LogP contribution in [0.5, 0.6) is 5.88 Å². The summed E-state index contributed by atoms with van der Waals surface area (Å²) < 4.78 is 5.70. The number of aldehydes is 1. The lowest BCUT2D eigenvalue weighted by molar-refractivity contribution is -0.115. The van der Waals surface area contributed by atoms with Gasteiger partial charge < -0.3 is 15.3 Å². The van der Waals surface area contributed by atoms with Gasteiger partial charge in [-0.05, 0) is 38.0 Å². The van der Waals surface area contributed by atoms with Gasteiger partial charge >= 0.3 is 0 Å². The molecular weight excluding hydrogens is 216 g/mol. The van der Waals surface area contributed by atoms with Crippen LogP contribution in [0.4, 0.5) is 5.82 Å². The summed E-state index contributed by atoms with van der Waals surface area (Å²) in [5.41, 5.74) is 6.03. The average molecular weight is 232 g/mol. The number of nitrogens with two attached hydrogens (primary N) is 1. The number of carbonyl (C=O) groups is 1. The van der Waals surface area contributed by atoms with Crippen LogP contribution in [0, 0.1) is 5.41 Å². The zero-order valence-electron chi connectivity index (χ0n) is 10.1. The molecule has 0 unspecified atom stereocenters. The zero-order valence-corrected chi connectivity index (χ0v) is 10.1. The van der Waals surface area contributed by atoms with Gasteiger partial charge in [-0.2, -0.15) is 4.98 Å². The first-order valence-electron chi connectivity index (χ1n) is 5.69. The number of aromatic nitrogens is 1. The number of pyridine rings is 1. The summed E-state index contributed by atoms with van der Waals surface area (Å²) in [5, 5.41) is 0. The van der Waals surface area contributed by atoms with Crippen molar-refractivity contribution in [3.63, 3.8) is 0 Å². The molecule has 2 heterocycles. The Bertz CT molecular complexity index is 482.